The Morgan fingerprint density at radius 2 is 2.17 bits per heavy atom. The largest absolute Gasteiger partial charge is 0.497 e. The van der Waals surface area contributed by atoms with Crippen LogP contribution in [0.25, 0.3) is 0 Å². The highest BCUT2D eigenvalue weighted by Gasteiger charge is 2.30. The molecule has 1 aliphatic heterocycles. The molecule has 1 aliphatic rings. The molecule has 1 aromatic heterocycles. The second-order valence-corrected chi connectivity index (χ2v) is 6.77. The zero-order chi connectivity index (χ0) is 16.2. The van der Waals surface area contributed by atoms with E-state index in [0.717, 1.165) is 41.3 Å². The van der Waals surface area contributed by atoms with Crippen LogP contribution in [0.5, 0.6) is 11.5 Å². The van der Waals surface area contributed by atoms with Crippen LogP contribution in [0, 0.1) is 0 Å². The number of hydrogen-bond acceptors (Lipinski definition) is 5. The molecule has 23 heavy (non-hydrogen) atoms. The summed E-state index contributed by atoms with van der Waals surface area (Å²) in [5, 5.41) is 12.5. The van der Waals surface area contributed by atoms with E-state index < -0.39 is 6.10 Å². The summed E-state index contributed by atoms with van der Waals surface area (Å²) in [6.07, 6.45) is 1.76. The van der Waals surface area contributed by atoms with E-state index in [9.17, 15) is 5.11 Å². The molecular weight excluding hydrogens is 310 g/mol. The molecule has 5 heteroatoms. The van der Waals surface area contributed by atoms with Crippen molar-refractivity contribution in [3.8, 4) is 11.5 Å². The fraction of sp³-hybridized carbons (Fsp3) is 0.444. The van der Waals surface area contributed by atoms with E-state index in [1.54, 1.807) is 25.6 Å². The number of hydrogen-bond donors (Lipinski definition) is 1. The van der Waals surface area contributed by atoms with Crippen molar-refractivity contribution in [2.75, 3.05) is 27.3 Å². The zero-order valence-corrected chi connectivity index (χ0v) is 14.4. The lowest BCUT2D eigenvalue weighted by atomic mass is 10.0. The molecule has 0 aliphatic carbocycles. The normalized spacial score (nSPS) is 19.7. The molecule has 124 valence electrons. The van der Waals surface area contributed by atoms with Gasteiger partial charge in [0, 0.05) is 23.0 Å². The summed E-state index contributed by atoms with van der Waals surface area (Å²) in [5.41, 5.74) is 1.14. The fourth-order valence-electron chi connectivity index (χ4n) is 3.29. The lowest BCUT2D eigenvalue weighted by Gasteiger charge is -2.28. The van der Waals surface area contributed by atoms with Gasteiger partial charge in [-0.25, -0.2) is 0 Å². The van der Waals surface area contributed by atoms with E-state index in [1.165, 1.54) is 0 Å². The molecule has 0 spiro atoms. The Kier molecular flexibility index (Phi) is 5.20. The minimum absolute atomic E-state index is 0.259. The highest BCUT2D eigenvalue weighted by molar-refractivity contribution is 7.10. The van der Waals surface area contributed by atoms with Crippen molar-refractivity contribution in [3.05, 3.63) is 46.2 Å². The van der Waals surface area contributed by atoms with Crippen LogP contribution < -0.4 is 9.47 Å². The number of likely N-dealkylation sites (tertiary alicyclic amines) is 1. The average molecular weight is 333 g/mol. The number of benzene rings is 1. The summed E-state index contributed by atoms with van der Waals surface area (Å²) in [5.74, 6) is 1.72. The molecular formula is C18H23NO3S. The van der Waals surface area contributed by atoms with E-state index in [2.05, 4.69) is 11.0 Å². The molecule has 0 bridgehead atoms. The molecule has 0 amide bonds. The molecule has 1 fully saturated rings. The van der Waals surface area contributed by atoms with Gasteiger partial charge in [0.25, 0.3) is 0 Å². The zero-order valence-electron chi connectivity index (χ0n) is 13.6. The maximum Gasteiger partial charge on any atom is 0.123 e. The number of nitrogens with zero attached hydrogens (tertiary/aromatic N) is 1. The van der Waals surface area contributed by atoms with Gasteiger partial charge >= 0.3 is 0 Å². The molecule has 0 radical (unpaired) electrons. The molecule has 1 saturated heterocycles. The molecule has 2 atom stereocenters. The fourth-order valence-corrected chi connectivity index (χ4v) is 3.99. The minimum atomic E-state index is -0.438. The van der Waals surface area contributed by atoms with Crippen molar-refractivity contribution in [1.82, 2.24) is 4.90 Å². The van der Waals surface area contributed by atoms with Crippen LogP contribution in [0.1, 0.15) is 35.4 Å². The van der Waals surface area contributed by atoms with Crippen molar-refractivity contribution in [1.29, 1.82) is 0 Å². The van der Waals surface area contributed by atoms with E-state index in [-0.39, 0.29) is 6.04 Å². The minimum Gasteiger partial charge on any atom is -0.497 e. The van der Waals surface area contributed by atoms with Crippen LogP contribution >= 0.6 is 11.3 Å². The highest BCUT2D eigenvalue weighted by atomic mass is 32.1. The van der Waals surface area contributed by atoms with Gasteiger partial charge in [0.15, 0.2) is 0 Å². The van der Waals surface area contributed by atoms with Crippen molar-refractivity contribution in [3.63, 3.8) is 0 Å². The third-order valence-corrected chi connectivity index (χ3v) is 5.41. The number of aliphatic hydroxyl groups excluding tert-OH is 1. The number of ether oxygens (including phenoxy) is 2. The first-order valence-corrected chi connectivity index (χ1v) is 8.78. The summed E-state index contributed by atoms with van der Waals surface area (Å²) >= 11 is 1.60. The third-order valence-electron chi connectivity index (χ3n) is 4.44. The molecule has 4 nitrogen and oxygen atoms in total. The van der Waals surface area contributed by atoms with E-state index in [1.807, 2.05) is 29.6 Å². The number of aliphatic hydroxyl groups is 1. The Morgan fingerprint density at radius 3 is 2.87 bits per heavy atom. The van der Waals surface area contributed by atoms with Crippen molar-refractivity contribution >= 4 is 11.3 Å². The maximum absolute atomic E-state index is 10.5. The Morgan fingerprint density at radius 1 is 1.30 bits per heavy atom. The molecule has 0 saturated carbocycles. The number of thiophene rings is 1. The van der Waals surface area contributed by atoms with Gasteiger partial charge in [-0.1, -0.05) is 6.07 Å². The molecule has 1 aromatic carbocycles. The predicted octanol–water partition coefficient (Wildman–Crippen LogP) is 3.64. The highest BCUT2D eigenvalue weighted by Crippen LogP contribution is 2.39. The quantitative estimate of drug-likeness (QED) is 0.876. The summed E-state index contributed by atoms with van der Waals surface area (Å²) < 4.78 is 10.9. The first kappa shape index (κ1) is 16.3. The van der Waals surface area contributed by atoms with Gasteiger partial charge in [0.2, 0.25) is 0 Å². The van der Waals surface area contributed by atoms with Gasteiger partial charge < -0.3 is 14.6 Å². The number of β-amino-alcohol motifs (C(OH)–C–C–N with tert-alkyl or cyclic N) is 1. The molecule has 2 heterocycles. The lowest BCUT2D eigenvalue weighted by molar-refractivity contribution is 0.108. The lowest BCUT2D eigenvalue weighted by Crippen LogP contribution is -2.28. The topological polar surface area (TPSA) is 41.9 Å². The summed E-state index contributed by atoms with van der Waals surface area (Å²) in [4.78, 5) is 3.37. The van der Waals surface area contributed by atoms with E-state index >= 15 is 0 Å². The molecule has 1 N–H and O–H groups in total. The molecule has 3 rings (SSSR count). The van der Waals surface area contributed by atoms with Crippen LogP contribution in [-0.4, -0.2) is 37.3 Å². The van der Waals surface area contributed by atoms with E-state index in [0.29, 0.717) is 6.54 Å². The van der Waals surface area contributed by atoms with Crippen LogP contribution in [0.15, 0.2) is 35.7 Å². The van der Waals surface area contributed by atoms with Gasteiger partial charge in [-0.2, -0.15) is 0 Å². The summed E-state index contributed by atoms with van der Waals surface area (Å²) in [6.45, 7) is 1.64. The smallest absolute Gasteiger partial charge is 0.123 e. The Bertz CT molecular complexity index is 629. The van der Waals surface area contributed by atoms with Crippen LogP contribution in [-0.2, 0) is 0 Å². The van der Waals surface area contributed by atoms with Gasteiger partial charge in [0.1, 0.15) is 17.6 Å². The Hall–Kier alpha value is -1.56. The van der Waals surface area contributed by atoms with Crippen LogP contribution in [0.2, 0.25) is 0 Å². The second kappa shape index (κ2) is 7.34. The van der Waals surface area contributed by atoms with Gasteiger partial charge in [-0.05, 0) is 49.0 Å². The van der Waals surface area contributed by atoms with Gasteiger partial charge in [0.05, 0.1) is 14.2 Å². The van der Waals surface area contributed by atoms with Gasteiger partial charge in [-0.15, -0.1) is 11.3 Å². The maximum atomic E-state index is 10.5. The van der Waals surface area contributed by atoms with Crippen LogP contribution in [0.3, 0.4) is 0 Å². The standard InChI is InChI=1S/C18H23NO3S/c1-21-13-7-8-17(22-2)14(11-13)15-5-3-9-19(15)12-16(20)18-6-4-10-23-18/h4,6-8,10-11,15-16,20H,3,5,9,12H2,1-2H3. The average Bonchev–Trinajstić information content (AvgIpc) is 3.25. The first-order chi connectivity index (χ1) is 11.2. The second-order valence-electron chi connectivity index (χ2n) is 5.79. The van der Waals surface area contributed by atoms with Gasteiger partial charge in [-0.3, -0.25) is 4.90 Å². The SMILES string of the molecule is COc1ccc(OC)c(C2CCCN2CC(O)c2cccs2)c1. The predicted molar refractivity (Wildman–Crippen MR) is 92.4 cm³/mol. The summed E-state index contributed by atoms with van der Waals surface area (Å²) in [6, 6.07) is 10.2. The van der Waals surface area contributed by atoms with Crippen molar-refractivity contribution in [2.45, 2.75) is 25.0 Å². The molecule has 2 aromatic rings. The van der Waals surface area contributed by atoms with Crippen LogP contribution in [0.4, 0.5) is 0 Å². The monoisotopic (exact) mass is 333 g/mol. The van der Waals surface area contributed by atoms with E-state index in [4.69, 9.17) is 9.47 Å². The van der Waals surface area contributed by atoms with Crippen molar-refractivity contribution < 1.29 is 14.6 Å². The first-order valence-electron chi connectivity index (χ1n) is 7.90. The Labute approximate surface area is 141 Å². The summed E-state index contributed by atoms with van der Waals surface area (Å²) in [7, 11) is 3.38. The number of methoxy groups -OCH3 is 2. The third kappa shape index (κ3) is 3.52. The number of rotatable bonds is 6. The Balaban J connectivity index is 1.81. The van der Waals surface area contributed by atoms with Crippen molar-refractivity contribution in [2.24, 2.45) is 0 Å². The molecule has 2 unspecified atom stereocenters.